The van der Waals surface area contributed by atoms with Crippen molar-refractivity contribution in [3.63, 3.8) is 0 Å². The van der Waals surface area contributed by atoms with Gasteiger partial charge in [0.15, 0.2) is 0 Å². The van der Waals surface area contributed by atoms with Crippen LogP contribution in [0.15, 0.2) is 48.5 Å². The van der Waals surface area contributed by atoms with Crippen molar-refractivity contribution in [3.05, 3.63) is 69.8 Å². The zero-order valence-electron chi connectivity index (χ0n) is 13.5. The zero-order chi connectivity index (χ0) is 18.0. The molecule has 2 atom stereocenters. The Kier molecular flexibility index (Phi) is 4.73. The lowest BCUT2D eigenvalue weighted by Gasteiger charge is -2.23. The number of ether oxygens (including phenoxy) is 1. The van der Waals surface area contributed by atoms with Gasteiger partial charge in [0.25, 0.3) is 10.1 Å². The Bertz CT molecular complexity index is 896. The third-order valence-corrected chi connectivity index (χ3v) is 4.71. The molecule has 7 nitrogen and oxygen atoms in total. The van der Waals surface area contributed by atoms with Crippen LogP contribution in [0.2, 0.25) is 0 Å². The summed E-state index contributed by atoms with van der Waals surface area (Å²) in [6, 6.07) is 14.2. The van der Waals surface area contributed by atoms with Crippen molar-refractivity contribution in [2.75, 3.05) is 19.4 Å². The Morgan fingerprint density at radius 1 is 1.04 bits per heavy atom. The van der Waals surface area contributed by atoms with Crippen molar-refractivity contribution in [1.29, 1.82) is 0 Å². The summed E-state index contributed by atoms with van der Waals surface area (Å²) in [6.07, 6.45) is 0.961. The molecule has 0 amide bonds. The van der Waals surface area contributed by atoms with E-state index in [1.807, 2.05) is 0 Å². The maximum Gasteiger partial charge on any atom is 0.264 e. The summed E-state index contributed by atoms with van der Waals surface area (Å²) >= 11 is 0. The van der Waals surface area contributed by atoms with Gasteiger partial charge in [-0.1, -0.05) is 36.4 Å². The summed E-state index contributed by atoms with van der Waals surface area (Å²) in [5, 5.41) is 11.3. The van der Waals surface area contributed by atoms with Crippen LogP contribution in [-0.2, 0) is 14.3 Å². The standard InChI is InChI=1S/C17H17NO6S/c1-25(21,22)23-11-15-13-7-3-5-9-17(13)24-16-8-4-2-6-12(16)14(15)10-18(19)20/h2-9,14-15H,10-11H2,1H3/t14-,15-/m0/s1. The van der Waals surface area contributed by atoms with E-state index in [1.54, 1.807) is 48.5 Å². The molecule has 8 heteroatoms. The molecule has 0 unspecified atom stereocenters. The monoisotopic (exact) mass is 363 g/mol. The molecule has 0 saturated carbocycles. The first-order valence-electron chi connectivity index (χ1n) is 7.67. The highest BCUT2D eigenvalue weighted by molar-refractivity contribution is 7.85. The topological polar surface area (TPSA) is 95.7 Å². The molecule has 0 aliphatic carbocycles. The van der Waals surface area contributed by atoms with Gasteiger partial charge < -0.3 is 4.74 Å². The molecule has 1 heterocycles. The minimum Gasteiger partial charge on any atom is -0.457 e. The van der Waals surface area contributed by atoms with E-state index < -0.39 is 26.9 Å². The molecular formula is C17H17NO6S. The molecule has 1 aliphatic rings. The van der Waals surface area contributed by atoms with Crippen LogP contribution < -0.4 is 4.74 Å². The molecule has 132 valence electrons. The lowest BCUT2D eigenvalue weighted by molar-refractivity contribution is -0.484. The number of nitrogens with zero attached hydrogens (tertiary/aromatic N) is 1. The zero-order valence-corrected chi connectivity index (χ0v) is 14.3. The van der Waals surface area contributed by atoms with Gasteiger partial charge in [0.1, 0.15) is 11.5 Å². The summed E-state index contributed by atoms with van der Waals surface area (Å²) in [7, 11) is -3.68. The van der Waals surface area contributed by atoms with Crippen molar-refractivity contribution in [2.45, 2.75) is 11.8 Å². The van der Waals surface area contributed by atoms with E-state index in [4.69, 9.17) is 8.92 Å². The molecule has 0 bridgehead atoms. The van der Waals surface area contributed by atoms with E-state index in [9.17, 15) is 18.5 Å². The summed E-state index contributed by atoms with van der Waals surface area (Å²) in [5.41, 5.74) is 1.35. The molecule has 2 aromatic carbocycles. The molecule has 0 N–H and O–H groups in total. The lowest BCUT2D eigenvalue weighted by Crippen LogP contribution is -2.24. The van der Waals surface area contributed by atoms with Gasteiger partial charge in [-0.2, -0.15) is 8.42 Å². The number of nitro groups is 1. The van der Waals surface area contributed by atoms with E-state index >= 15 is 0 Å². The largest absolute Gasteiger partial charge is 0.457 e. The highest BCUT2D eigenvalue weighted by Gasteiger charge is 2.36. The molecule has 25 heavy (non-hydrogen) atoms. The molecule has 0 aromatic heterocycles. The number of rotatable bonds is 5. The van der Waals surface area contributed by atoms with Crippen LogP contribution in [0.5, 0.6) is 11.5 Å². The third-order valence-electron chi connectivity index (χ3n) is 4.15. The van der Waals surface area contributed by atoms with E-state index in [-0.39, 0.29) is 13.2 Å². The average molecular weight is 363 g/mol. The summed E-state index contributed by atoms with van der Waals surface area (Å²) in [4.78, 5) is 10.9. The van der Waals surface area contributed by atoms with Gasteiger partial charge in [-0.3, -0.25) is 14.3 Å². The molecule has 3 rings (SSSR count). The highest BCUT2D eigenvalue weighted by atomic mass is 32.2. The Morgan fingerprint density at radius 2 is 1.56 bits per heavy atom. The Labute approximate surface area is 145 Å². The minimum absolute atomic E-state index is 0.188. The van der Waals surface area contributed by atoms with Crippen molar-refractivity contribution < 1.29 is 22.3 Å². The second kappa shape index (κ2) is 6.81. The number of para-hydroxylation sites is 2. The molecule has 2 aromatic rings. The van der Waals surface area contributed by atoms with Gasteiger partial charge >= 0.3 is 0 Å². The van der Waals surface area contributed by atoms with Crippen molar-refractivity contribution in [2.24, 2.45) is 0 Å². The van der Waals surface area contributed by atoms with Crippen LogP contribution in [-0.4, -0.2) is 32.7 Å². The molecule has 0 radical (unpaired) electrons. The number of fused-ring (bicyclic) bond motifs is 2. The second-order valence-corrected chi connectivity index (χ2v) is 7.54. The van der Waals surface area contributed by atoms with E-state index in [2.05, 4.69) is 0 Å². The number of hydrogen-bond acceptors (Lipinski definition) is 6. The van der Waals surface area contributed by atoms with E-state index in [0.717, 1.165) is 6.26 Å². The van der Waals surface area contributed by atoms with Crippen LogP contribution in [0, 0.1) is 10.1 Å². The third kappa shape index (κ3) is 3.97. The minimum atomic E-state index is -3.68. The van der Waals surface area contributed by atoms with E-state index in [0.29, 0.717) is 22.6 Å². The fourth-order valence-electron chi connectivity index (χ4n) is 3.10. The Hall–Kier alpha value is -2.45. The highest BCUT2D eigenvalue weighted by Crippen LogP contribution is 2.46. The van der Waals surface area contributed by atoms with E-state index in [1.165, 1.54) is 0 Å². The molecule has 0 spiro atoms. The van der Waals surface area contributed by atoms with Crippen LogP contribution in [0.4, 0.5) is 0 Å². The Morgan fingerprint density at radius 3 is 2.08 bits per heavy atom. The van der Waals surface area contributed by atoms with Crippen molar-refractivity contribution in [3.8, 4) is 11.5 Å². The molecule has 0 fully saturated rings. The second-order valence-electron chi connectivity index (χ2n) is 5.89. The fraction of sp³-hybridized carbons (Fsp3) is 0.294. The maximum atomic E-state index is 11.5. The smallest absolute Gasteiger partial charge is 0.264 e. The summed E-state index contributed by atoms with van der Waals surface area (Å²) in [6.45, 7) is -0.543. The number of hydrogen-bond donors (Lipinski definition) is 0. The van der Waals surface area contributed by atoms with Crippen LogP contribution in [0.25, 0.3) is 0 Å². The van der Waals surface area contributed by atoms with Gasteiger partial charge in [0.05, 0.1) is 18.8 Å². The van der Waals surface area contributed by atoms with Crippen LogP contribution in [0.1, 0.15) is 23.0 Å². The maximum absolute atomic E-state index is 11.5. The summed E-state index contributed by atoms with van der Waals surface area (Å²) in [5.74, 6) is -0.0249. The molecular weight excluding hydrogens is 346 g/mol. The first-order valence-corrected chi connectivity index (χ1v) is 9.48. The normalized spacial score (nSPS) is 19.2. The summed E-state index contributed by atoms with van der Waals surface area (Å²) < 4.78 is 33.9. The van der Waals surface area contributed by atoms with Crippen molar-refractivity contribution in [1.82, 2.24) is 0 Å². The van der Waals surface area contributed by atoms with Crippen LogP contribution >= 0.6 is 0 Å². The van der Waals surface area contributed by atoms with Crippen molar-refractivity contribution >= 4 is 10.1 Å². The molecule has 1 aliphatic heterocycles. The first-order chi connectivity index (χ1) is 11.8. The first kappa shape index (κ1) is 17.4. The fourth-order valence-corrected chi connectivity index (χ4v) is 3.49. The van der Waals surface area contributed by atoms with Gasteiger partial charge in [0.2, 0.25) is 6.54 Å². The molecule has 0 saturated heterocycles. The van der Waals surface area contributed by atoms with Gasteiger partial charge in [-0.15, -0.1) is 0 Å². The van der Waals surface area contributed by atoms with Crippen LogP contribution in [0.3, 0.4) is 0 Å². The predicted molar refractivity (Wildman–Crippen MR) is 91.1 cm³/mol. The lowest BCUT2D eigenvalue weighted by atomic mass is 9.82. The SMILES string of the molecule is CS(=O)(=O)OC[C@H]1c2ccccc2Oc2ccccc2[C@@H]1C[N+](=O)[O-]. The van der Waals surface area contributed by atoms with Gasteiger partial charge in [-0.25, -0.2) is 0 Å². The quantitative estimate of drug-likeness (QED) is 0.460. The predicted octanol–water partition coefficient (Wildman–Crippen LogP) is 2.91. The van der Waals surface area contributed by atoms with Gasteiger partial charge in [-0.05, 0) is 12.1 Å². The Balaban J connectivity index is 2.13. The average Bonchev–Trinajstić information content (AvgIpc) is 2.66. The number of benzene rings is 2. The van der Waals surface area contributed by atoms with Gasteiger partial charge in [0, 0.05) is 22.0 Å².